The smallest absolute Gasteiger partial charge is 0.344 e. The molecule has 1 heterocycles. The van der Waals surface area contributed by atoms with Crippen LogP contribution in [0.1, 0.15) is 6.92 Å². The molecule has 1 aromatic carbocycles. The molecule has 0 aliphatic rings. The molecule has 0 fully saturated rings. The highest BCUT2D eigenvalue weighted by atomic mass is 32.1. The second-order valence-corrected chi connectivity index (χ2v) is 4.58. The molecule has 1 atom stereocenters. The van der Waals surface area contributed by atoms with Gasteiger partial charge in [-0.05, 0) is 31.2 Å². The summed E-state index contributed by atoms with van der Waals surface area (Å²) in [6, 6.07) is 6.94. The Labute approximate surface area is 107 Å². The maximum atomic E-state index is 10.6. The number of anilines is 1. The number of nitrogen functional groups attached to an aromatic ring is 1. The van der Waals surface area contributed by atoms with Crippen molar-refractivity contribution in [2.75, 3.05) is 5.73 Å². The Bertz CT molecular complexity index is 553. The lowest BCUT2D eigenvalue weighted by atomic mass is 10.2. The zero-order chi connectivity index (χ0) is 13.1. The van der Waals surface area contributed by atoms with Crippen LogP contribution in [0.15, 0.2) is 24.3 Å². The largest absolute Gasteiger partial charge is 0.479 e. The number of carbonyl (C=O) groups is 1. The molecule has 2 rings (SSSR count). The average molecular weight is 265 g/mol. The summed E-state index contributed by atoms with van der Waals surface area (Å²) in [4.78, 5) is 10.6. The highest BCUT2D eigenvalue weighted by Crippen LogP contribution is 2.26. The predicted molar refractivity (Wildman–Crippen MR) is 67.5 cm³/mol. The van der Waals surface area contributed by atoms with Gasteiger partial charge in [-0.15, -0.1) is 10.2 Å². The number of carboxylic acid groups (broad SMARTS) is 1. The molecule has 2 aromatic rings. The third-order valence-corrected chi connectivity index (χ3v) is 3.00. The van der Waals surface area contributed by atoms with Crippen molar-refractivity contribution >= 4 is 22.4 Å². The Balaban J connectivity index is 2.13. The van der Waals surface area contributed by atoms with Crippen molar-refractivity contribution in [2.45, 2.75) is 13.0 Å². The second-order valence-electron chi connectivity index (χ2n) is 3.57. The first-order valence-electron chi connectivity index (χ1n) is 5.15. The Morgan fingerprint density at radius 1 is 1.39 bits per heavy atom. The van der Waals surface area contributed by atoms with Gasteiger partial charge < -0.3 is 15.6 Å². The molecular formula is C11H11N3O3S. The number of nitrogens with zero attached hydrogens (tertiary/aromatic N) is 2. The number of hydrogen-bond donors (Lipinski definition) is 2. The van der Waals surface area contributed by atoms with E-state index < -0.39 is 12.1 Å². The fraction of sp³-hybridized carbons (Fsp3) is 0.182. The van der Waals surface area contributed by atoms with Crippen molar-refractivity contribution in [3.05, 3.63) is 24.3 Å². The molecule has 94 valence electrons. The van der Waals surface area contributed by atoms with E-state index in [0.717, 1.165) is 5.56 Å². The molecule has 6 nitrogen and oxygen atoms in total. The van der Waals surface area contributed by atoms with E-state index in [-0.39, 0.29) is 0 Å². The number of hydrogen-bond acceptors (Lipinski definition) is 6. The molecule has 3 N–H and O–H groups in total. The van der Waals surface area contributed by atoms with E-state index in [0.29, 0.717) is 15.9 Å². The van der Waals surface area contributed by atoms with Crippen molar-refractivity contribution in [1.82, 2.24) is 10.2 Å². The van der Waals surface area contributed by atoms with Gasteiger partial charge in [0.1, 0.15) is 10.8 Å². The van der Waals surface area contributed by atoms with Crippen LogP contribution in [-0.4, -0.2) is 27.4 Å². The Kier molecular flexibility index (Phi) is 3.42. The minimum atomic E-state index is -1.00. The topological polar surface area (TPSA) is 98.3 Å². The van der Waals surface area contributed by atoms with Gasteiger partial charge in [0, 0.05) is 5.56 Å². The van der Waals surface area contributed by atoms with E-state index in [1.54, 1.807) is 24.3 Å². The number of aromatic nitrogens is 2. The zero-order valence-electron chi connectivity index (χ0n) is 9.53. The van der Waals surface area contributed by atoms with Crippen LogP contribution in [0.25, 0.3) is 10.6 Å². The molecule has 0 saturated heterocycles. The molecular weight excluding hydrogens is 254 g/mol. The maximum Gasteiger partial charge on any atom is 0.344 e. The minimum Gasteiger partial charge on any atom is -0.479 e. The SMILES string of the molecule is CC(Oc1ccc(-c2nnc(N)s2)cc1)C(=O)O. The van der Waals surface area contributed by atoms with Crippen molar-refractivity contribution < 1.29 is 14.6 Å². The van der Waals surface area contributed by atoms with E-state index in [1.807, 2.05) is 0 Å². The first kappa shape index (κ1) is 12.3. The molecule has 0 spiro atoms. The number of benzene rings is 1. The highest BCUT2D eigenvalue weighted by molar-refractivity contribution is 7.18. The number of carboxylic acids is 1. The van der Waals surface area contributed by atoms with Gasteiger partial charge in [0.25, 0.3) is 0 Å². The van der Waals surface area contributed by atoms with Crippen LogP contribution in [0.3, 0.4) is 0 Å². The number of aliphatic carboxylic acids is 1. The molecule has 0 aliphatic carbocycles. The van der Waals surface area contributed by atoms with Crippen LogP contribution in [0.2, 0.25) is 0 Å². The summed E-state index contributed by atoms with van der Waals surface area (Å²) in [6.07, 6.45) is -0.881. The molecule has 0 aliphatic heterocycles. The number of nitrogens with two attached hydrogens (primary N) is 1. The molecule has 0 radical (unpaired) electrons. The van der Waals surface area contributed by atoms with Crippen LogP contribution in [0.5, 0.6) is 5.75 Å². The van der Waals surface area contributed by atoms with E-state index >= 15 is 0 Å². The first-order valence-corrected chi connectivity index (χ1v) is 5.97. The van der Waals surface area contributed by atoms with E-state index in [9.17, 15) is 4.79 Å². The third kappa shape index (κ3) is 2.75. The van der Waals surface area contributed by atoms with Crippen LogP contribution >= 0.6 is 11.3 Å². The summed E-state index contributed by atoms with van der Waals surface area (Å²) in [5, 5.41) is 17.5. The summed E-state index contributed by atoms with van der Waals surface area (Å²) in [6.45, 7) is 1.47. The summed E-state index contributed by atoms with van der Waals surface area (Å²) >= 11 is 1.29. The molecule has 18 heavy (non-hydrogen) atoms. The van der Waals surface area contributed by atoms with Gasteiger partial charge in [-0.25, -0.2) is 4.79 Å². The van der Waals surface area contributed by atoms with Gasteiger partial charge in [-0.1, -0.05) is 11.3 Å². The van der Waals surface area contributed by atoms with Crippen LogP contribution < -0.4 is 10.5 Å². The minimum absolute atomic E-state index is 0.407. The summed E-state index contributed by atoms with van der Waals surface area (Å²) in [5.41, 5.74) is 6.36. The fourth-order valence-electron chi connectivity index (χ4n) is 1.28. The lowest BCUT2D eigenvalue weighted by Crippen LogP contribution is -2.22. The molecule has 0 amide bonds. The maximum absolute atomic E-state index is 10.6. The van der Waals surface area contributed by atoms with Crippen molar-refractivity contribution in [3.63, 3.8) is 0 Å². The Morgan fingerprint density at radius 3 is 2.56 bits per heavy atom. The average Bonchev–Trinajstić information content (AvgIpc) is 2.76. The molecule has 0 saturated carbocycles. The van der Waals surface area contributed by atoms with Crippen LogP contribution in [0.4, 0.5) is 5.13 Å². The Morgan fingerprint density at radius 2 is 2.06 bits per heavy atom. The zero-order valence-corrected chi connectivity index (χ0v) is 10.3. The monoisotopic (exact) mass is 265 g/mol. The first-order chi connectivity index (χ1) is 8.56. The normalized spacial score (nSPS) is 12.1. The van der Waals surface area contributed by atoms with Gasteiger partial charge in [0.05, 0.1) is 0 Å². The van der Waals surface area contributed by atoms with Gasteiger partial charge in [-0.2, -0.15) is 0 Å². The third-order valence-electron chi connectivity index (χ3n) is 2.20. The lowest BCUT2D eigenvalue weighted by Gasteiger charge is -2.10. The quantitative estimate of drug-likeness (QED) is 0.872. The van der Waals surface area contributed by atoms with Gasteiger partial charge >= 0.3 is 5.97 Å². The summed E-state index contributed by atoms with van der Waals surface area (Å²) in [5.74, 6) is -0.512. The number of ether oxygens (including phenoxy) is 1. The van der Waals surface area contributed by atoms with Gasteiger partial charge in [-0.3, -0.25) is 0 Å². The predicted octanol–water partition coefficient (Wildman–Crippen LogP) is 1.64. The molecule has 1 unspecified atom stereocenters. The fourth-order valence-corrected chi connectivity index (χ4v) is 1.90. The molecule has 0 bridgehead atoms. The number of rotatable bonds is 4. The van der Waals surface area contributed by atoms with Crippen LogP contribution in [-0.2, 0) is 4.79 Å². The van der Waals surface area contributed by atoms with Crippen molar-refractivity contribution in [2.24, 2.45) is 0 Å². The lowest BCUT2D eigenvalue weighted by molar-refractivity contribution is -0.144. The van der Waals surface area contributed by atoms with E-state index in [2.05, 4.69) is 10.2 Å². The van der Waals surface area contributed by atoms with Crippen LogP contribution in [0, 0.1) is 0 Å². The summed E-state index contributed by atoms with van der Waals surface area (Å²) < 4.78 is 5.21. The van der Waals surface area contributed by atoms with Gasteiger partial charge in [0.15, 0.2) is 6.10 Å². The van der Waals surface area contributed by atoms with Gasteiger partial charge in [0.2, 0.25) is 5.13 Å². The second kappa shape index (κ2) is 5.01. The summed E-state index contributed by atoms with van der Waals surface area (Å²) in [7, 11) is 0. The van der Waals surface area contributed by atoms with Crippen molar-refractivity contribution in [3.8, 4) is 16.3 Å². The van der Waals surface area contributed by atoms with E-state index in [1.165, 1.54) is 18.3 Å². The Hall–Kier alpha value is -2.15. The molecule has 1 aromatic heterocycles. The standard InChI is InChI=1S/C11H11N3O3S/c1-6(10(15)16)17-8-4-2-7(3-5-8)9-13-14-11(12)18-9/h2-6H,1H3,(H2,12,14)(H,15,16). The highest BCUT2D eigenvalue weighted by Gasteiger charge is 2.12. The van der Waals surface area contributed by atoms with Crippen molar-refractivity contribution in [1.29, 1.82) is 0 Å². The molecule has 7 heteroatoms. The van der Waals surface area contributed by atoms with E-state index in [4.69, 9.17) is 15.6 Å².